The number of aliphatic hydroxyl groups is 1. The molecule has 6 heteroatoms. The first-order valence-corrected chi connectivity index (χ1v) is 7.55. The predicted octanol–water partition coefficient (Wildman–Crippen LogP) is 0.384. The monoisotopic (exact) mass is 305 g/mol. The summed E-state index contributed by atoms with van der Waals surface area (Å²) in [6.07, 6.45) is 1.58. The van der Waals surface area contributed by atoms with Crippen molar-refractivity contribution < 1.29 is 14.7 Å². The van der Waals surface area contributed by atoms with E-state index in [0.29, 0.717) is 24.6 Å². The lowest BCUT2D eigenvalue weighted by Crippen LogP contribution is -2.49. The summed E-state index contributed by atoms with van der Waals surface area (Å²) in [4.78, 5) is 24.8. The van der Waals surface area contributed by atoms with E-state index in [9.17, 15) is 14.7 Å². The fourth-order valence-corrected chi connectivity index (χ4v) is 2.35. The first-order valence-electron chi connectivity index (χ1n) is 7.55. The fourth-order valence-electron chi connectivity index (χ4n) is 2.35. The Hall–Kier alpha value is -1.92. The standard InChI is InChI=1S/C16H23N3O3/c1-11(15(21)16(22)18-9-12-6-7-12)19(10-20)14-5-3-2-4-13(14)8-17/h2-5,10-12,15,21H,6-9,17H2,1H3,(H,18,22). The number of anilines is 1. The summed E-state index contributed by atoms with van der Waals surface area (Å²) in [6, 6.07) is 6.51. The first kappa shape index (κ1) is 16.5. The molecule has 1 aromatic rings. The van der Waals surface area contributed by atoms with Gasteiger partial charge in [0.1, 0.15) is 0 Å². The van der Waals surface area contributed by atoms with Crippen LogP contribution >= 0.6 is 0 Å². The molecule has 1 aliphatic rings. The van der Waals surface area contributed by atoms with Crippen molar-refractivity contribution in [3.63, 3.8) is 0 Å². The van der Waals surface area contributed by atoms with Crippen LogP contribution in [0.4, 0.5) is 5.69 Å². The Labute approximate surface area is 130 Å². The van der Waals surface area contributed by atoms with Crippen LogP contribution in [0.15, 0.2) is 24.3 Å². The molecule has 0 bridgehead atoms. The number of amides is 2. The third-order valence-electron chi connectivity index (χ3n) is 4.03. The molecule has 0 spiro atoms. The highest BCUT2D eigenvalue weighted by atomic mass is 16.3. The Morgan fingerprint density at radius 3 is 2.77 bits per heavy atom. The van der Waals surface area contributed by atoms with Gasteiger partial charge in [0.25, 0.3) is 5.91 Å². The van der Waals surface area contributed by atoms with Gasteiger partial charge in [0.2, 0.25) is 6.41 Å². The molecule has 1 fully saturated rings. The zero-order valence-electron chi connectivity index (χ0n) is 12.7. The van der Waals surface area contributed by atoms with E-state index in [2.05, 4.69) is 5.32 Å². The van der Waals surface area contributed by atoms with Crippen LogP contribution in [0.1, 0.15) is 25.3 Å². The molecule has 2 rings (SSSR count). The van der Waals surface area contributed by atoms with E-state index < -0.39 is 18.1 Å². The van der Waals surface area contributed by atoms with Crippen LogP contribution in [0.25, 0.3) is 0 Å². The van der Waals surface area contributed by atoms with Gasteiger partial charge in [-0.25, -0.2) is 0 Å². The largest absolute Gasteiger partial charge is 0.381 e. The van der Waals surface area contributed by atoms with Gasteiger partial charge in [0.05, 0.1) is 6.04 Å². The van der Waals surface area contributed by atoms with Crippen molar-refractivity contribution >= 4 is 18.0 Å². The second-order valence-electron chi connectivity index (χ2n) is 5.72. The molecule has 2 atom stereocenters. The lowest BCUT2D eigenvalue weighted by atomic mass is 10.1. The molecule has 6 nitrogen and oxygen atoms in total. The van der Waals surface area contributed by atoms with Crippen molar-refractivity contribution in [3.05, 3.63) is 29.8 Å². The highest BCUT2D eigenvalue weighted by molar-refractivity contribution is 5.85. The van der Waals surface area contributed by atoms with Crippen LogP contribution in [0.5, 0.6) is 0 Å². The Morgan fingerprint density at radius 1 is 1.50 bits per heavy atom. The molecule has 1 saturated carbocycles. The molecule has 0 heterocycles. The summed E-state index contributed by atoms with van der Waals surface area (Å²) >= 11 is 0. The summed E-state index contributed by atoms with van der Waals surface area (Å²) in [5.74, 6) is 0.0862. The van der Waals surface area contributed by atoms with Crippen LogP contribution < -0.4 is 16.0 Å². The average Bonchev–Trinajstić information content (AvgIpc) is 3.37. The predicted molar refractivity (Wildman–Crippen MR) is 84.1 cm³/mol. The quantitative estimate of drug-likeness (QED) is 0.605. The summed E-state index contributed by atoms with van der Waals surface area (Å²) in [6.45, 7) is 2.50. The van der Waals surface area contributed by atoms with E-state index >= 15 is 0 Å². The van der Waals surface area contributed by atoms with Crippen LogP contribution in [0.3, 0.4) is 0 Å². The van der Waals surface area contributed by atoms with E-state index in [0.717, 1.165) is 18.4 Å². The van der Waals surface area contributed by atoms with Gasteiger partial charge in [-0.1, -0.05) is 18.2 Å². The Kier molecular flexibility index (Phi) is 5.51. The Bertz CT molecular complexity index is 531. The molecule has 0 aliphatic heterocycles. The number of rotatable bonds is 8. The topological polar surface area (TPSA) is 95.7 Å². The molecule has 4 N–H and O–H groups in total. The second-order valence-corrected chi connectivity index (χ2v) is 5.72. The third-order valence-corrected chi connectivity index (χ3v) is 4.03. The SMILES string of the molecule is CC(C(O)C(=O)NCC1CC1)N(C=O)c1ccccc1CN. The number of nitrogens with one attached hydrogen (secondary N) is 1. The highest BCUT2D eigenvalue weighted by Crippen LogP contribution is 2.27. The molecular formula is C16H23N3O3. The normalized spacial score (nSPS) is 16.7. The van der Waals surface area contributed by atoms with E-state index in [4.69, 9.17) is 5.73 Å². The minimum absolute atomic E-state index is 0.275. The zero-order valence-corrected chi connectivity index (χ0v) is 12.7. The van der Waals surface area contributed by atoms with Crippen molar-refractivity contribution in [3.8, 4) is 0 Å². The molecule has 1 aromatic carbocycles. The summed E-state index contributed by atoms with van der Waals surface area (Å²) in [5.41, 5.74) is 7.08. The number of nitrogens with zero attached hydrogens (tertiary/aromatic N) is 1. The van der Waals surface area contributed by atoms with E-state index in [1.165, 1.54) is 4.90 Å². The molecular weight excluding hydrogens is 282 g/mol. The summed E-state index contributed by atoms with van der Waals surface area (Å²) in [7, 11) is 0. The molecule has 2 amide bonds. The number of para-hydroxylation sites is 1. The lowest BCUT2D eigenvalue weighted by Gasteiger charge is -2.30. The number of carbonyl (C=O) groups is 2. The molecule has 120 valence electrons. The third kappa shape index (κ3) is 3.84. The van der Waals surface area contributed by atoms with Gasteiger partial charge >= 0.3 is 0 Å². The van der Waals surface area contributed by atoms with Gasteiger partial charge < -0.3 is 21.1 Å². The van der Waals surface area contributed by atoms with Gasteiger partial charge in [-0.2, -0.15) is 0 Å². The maximum Gasteiger partial charge on any atom is 0.251 e. The van der Waals surface area contributed by atoms with E-state index in [1.807, 2.05) is 12.1 Å². The lowest BCUT2D eigenvalue weighted by molar-refractivity contribution is -0.130. The number of benzene rings is 1. The van der Waals surface area contributed by atoms with Crippen LogP contribution in [0, 0.1) is 5.92 Å². The molecule has 1 aliphatic carbocycles. The van der Waals surface area contributed by atoms with Crippen molar-refractivity contribution in [2.45, 2.75) is 38.5 Å². The fraction of sp³-hybridized carbons (Fsp3) is 0.500. The zero-order chi connectivity index (χ0) is 16.1. The van der Waals surface area contributed by atoms with Crippen molar-refractivity contribution in [1.82, 2.24) is 5.32 Å². The van der Waals surface area contributed by atoms with Gasteiger partial charge in [-0.15, -0.1) is 0 Å². The number of hydrogen-bond acceptors (Lipinski definition) is 4. The second kappa shape index (κ2) is 7.38. The molecule has 0 radical (unpaired) electrons. The van der Waals surface area contributed by atoms with Crippen molar-refractivity contribution in [1.29, 1.82) is 0 Å². The minimum atomic E-state index is -1.28. The Morgan fingerprint density at radius 2 is 2.18 bits per heavy atom. The number of hydrogen-bond donors (Lipinski definition) is 3. The van der Waals surface area contributed by atoms with Gasteiger partial charge in [0.15, 0.2) is 6.10 Å². The minimum Gasteiger partial charge on any atom is -0.381 e. The summed E-state index contributed by atoms with van der Waals surface area (Å²) in [5, 5.41) is 12.9. The molecule has 22 heavy (non-hydrogen) atoms. The van der Waals surface area contributed by atoms with Crippen molar-refractivity contribution in [2.75, 3.05) is 11.4 Å². The van der Waals surface area contributed by atoms with Gasteiger partial charge in [-0.05, 0) is 37.3 Å². The maximum absolute atomic E-state index is 12.0. The molecule has 2 unspecified atom stereocenters. The average molecular weight is 305 g/mol. The highest BCUT2D eigenvalue weighted by Gasteiger charge is 2.30. The van der Waals surface area contributed by atoms with Crippen molar-refractivity contribution in [2.24, 2.45) is 11.7 Å². The van der Waals surface area contributed by atoms with Gasteiger partial charge in [-0.3, -0.25) is 9.59 Å². The van der Waals surface area contributed by atoms with E-state index in [-0.39, 0.29) is 6.54 Å². The maximum atomic E-state index is 12.0. The molecule has 0 saturated heterocycles. The van der Waals surface area contributed by atoms with E-state index in [1.54, 1.807) is 19.1 Å². The van der Waals surface area contributed by atoms with Crippen LogP contribution in [-0.2, 0) is 16.1 Å². The molecule has 0 aromatic heterocycles. The van der Waals surface area contributed by atoms with Crippen LogP contribution in [0.2, 0.25) is 0 Å². The smallest absolute Gasteiger partial charge is 0.251 e. The van der Waals surface area contributed by atoms with Crippen LogP contribution in [-0.4, -0.2) is 36.1 Å². The summed E-state index contributed by atoms with van der Waals surface area (Å²) < 4.78 is 0. The number of aliphatic hydroxyl groups excluding tert-OH is 1. The number of carbonyl (C=O) groups excluding carboxylic acids is 2. The van der Waals surface area contributed by atoms with Gasteiger partial charge in [0, 0.05) is 18.8 Å². The Balaban J connectivity index is 2.07. The number of nitrogens with two attached hydrogens (primary N) is 1. The first-order chi connectivity index (χ1) is 10.6.